The SMILES string of the molecule is CONC(=O)c1ccccc1OCc1ccc(Cl)cc1. The number of nitrogens with one attached hydrogen (secondary N) is 1. The Bertz CT molecular complexity index is 584. The molecule has 2 rings (SSSR count). The molecule has 0 aliphatic heterocycles. The summed E-state index contributed by atoms with van der Waals surface area (Å²) in [5.74, 6) is 0.149. The minimum atomic E-state index is -0.348. The van der Waals surface area contributed by atoms with E-state index < -0.39 is 0 Å². The average Bonchev–Trinajstić information content (AvgIpc) is 2.47. The summed E-state index contributed by atoms with van der Waals surface area (Å²) < 4.78 is 5.67. The molecule has 1 N–H and O–H groups in total. The maximum absolute atomic E-state index is 11.8. The Balaban J connectivity index is 2.09. The summed E-state index contributed by atoms with van der Waals surface area (Å²) in [6, 6.07) is 14.3. The van der Waals surface area contributed by atoms with Crippen molar-refractivity contribution in [3.8, 4) is 5.75 Å². The normalized spacial score (nSPS) is 10.1. The molecule has 20 heavy (non-hydrogen) atoms. The van der Waals surface area contributed by atoms with Crippen LogP contribution in [0.5, 0.6) is 5.75 Å². The Kier molecular flexibility index (Phi) is 4.98. The van der Waals surface area contributed by atoms with Crippen LogP contribution in [0.15, 0.2) is 48.5 Å². The van der Waals surface area contributed by atoms with Gasteiger partial charge in [0.2, 0.25) is 0 Å². The van der Waals surface area contributed by atoms with Gasteiger partial charge in [-0.2, -0.15) is 0 Å². The Morgan fingerprint density at radius 3 is 2.55 bits per heavy atom. The number of benzene rings is 2. The van der Waals surface area contributed by atoms with Gasteiger partial charge >= 0.3 is 0 Å². The molecule has 0 spiro atoms. The van der Waals surface area contributed by atoms with Gasteiger partial charge in [0.1, 0.15) is 12.4 Å². The third kappa shape index (κ3) is 3.73. The van der Waals surface area contributed by atoms with E-state index in [4.69, 9.17) is 16.3 Å². The van der Waals surface area contributed by atoms with E-state index >= 15 is 0 Å². The Morgan fingerprint density at radius 1 is 1.15 bits per heavy atom. The van der Waals surface area contributed by atoms with Gasteiger partial charge in [-0.25, -0.2) is 5.48 Å². The van der Waals surface area contributed by atoms with E-state index in [0.717, 1.165) is 5.56 Å². The number of hydroxylamine groups is 1. The lowest BCUT2D eigenvalue weighted by atomic mass is 10.2. The highest BCUT2D eigenvalue weighted by molar-refractivity contribution is 6.30. The molecular formula is C15H14ClNO3. The molecule has 0 saturated heterocycles. The number of amides is 1. The standard InChI is InChI=1S/C15H14ClNO3/c1-19-17-15(18)13-4-2-3-5-14(13)20-10-11-6-8-12(16)9-7-11/h2-9H,10H2,1H3,(H,17,18). The second-order valence-corrected chi connectivity index (χ2v) is 4.48. The molecular weight excluding hydrogens is 278 g/mol. The minimum Gasteiger partial charge on any atom is -0.488 e. The first-order chi connectivity index (χ1) is 9.70. The van der Waals surface area contributed by atoms with Crippen molar-refractivity contribution in [2.75, 3.05) is 7.11 Å². The lowest BCUT2D eigenvalue weighted by Crippen LogP contribution is -2.22. The van der Waals surface area contributed by atoms with Crippen LogP contribution in [0.4, 0.5) is 0 Å². The Hall–Kier alpha value is -2.04. The summed E-state index contributed by atoms with van der Waals surface area (Å²) in [5, 5.41) is 0.675. The number of para-hydroxylation sites is 1. The maximum Gasteiger partial charge on any atom is 0.278 e. The number of carbonyl (C=O) groups is 1. The van der Waals surface area contributed by atoms with Gasteiger partial charge in [0.15, 0.2) is 0 Å². The van der Waals surface area contributed by atoms with E-state index in [9.17, 15) is 4.79 Å². The van der Waals surface area contributed by atoms with Crippen molar-refractivity contribution in [1.82, 2.24) is 5.48 Å². The van der Waals surface area contributed by atoms with E-state index in [1.54, 1.807) is 36.4 Å². The van der Waals surface area contributed by atoms with Gasteiger partial charge in [0, 0.05) is 5.02 Å². The van der Waals surface area contributed by atoms with E-state index in [1.165, 1.54) is 7.11 Å². The second-order valence-electron chi connectivity index (χ2n) is 4.05. The summed E-state index contributed by atoms with van der Waals surface area (Å²) >= 11 is 5.82. The van der Waals surface area contributed by atoms with E-state index in [0.29, 0.717) is 22.9 Å². The number of halogens is 1. The topological polar surface area (TPSA) is 47.6 Å². The van der Waals surface area contributed by atoms with Gasteiger partial charge in [-0.15, -0.1) is 0 Å². The monoisotopic (exact) mass is 291 g/mol. The highest BCUT2D eigenvalue weighted by Crippen LogP contribution is 2.19. The highest BCUT2D eigenvalue weighted by atomic mass is 35.5. The minimum absolute atomic E-state index is 0.348. The molecule has 0 aliphatic carbocycles. The molecule has 2 aromatic carbocycles. The van der Waals surface area contributed by atoms with Crippen molar-refractivity contribution in [3.05, 3.63) is 64.7 Å². The first-order valence-electron chi connectivity index (χ1n) is 6.00. The fourth-order valence-corrected chi connectivity index (χ4v) is 1.80. The van der Waals surface area contributed by atoms with Gasteiger partial charge in [-0.3, -0.25) is 9.63 Å². The van der Waals surface area contributed by atoms with E-state index in [1.807, 2.05) is 12.1 Å². The van der Waals surface area contributed by atoms with Crippen LogP contribution < -0.4 is 10.2 Å². The molecule has 2 aromatic rings. The molecule has 104 valence electrons. The third-order valence-electron chi connectivity index (χ3n) is 2.63. The van der Waals surface area contributed by atoms with Crippen LogP contribution in [-0.4, -0.2) is 13.0 Å². The molecule has 0 bridgehead atoms. The van der Waals surface area contributed by atoms with E-state index in [-0.39, 0.29) is 5.91 Å². The molecule has 0 aliphatic rings. The smallest absolute Gasteiger partial charge is 0.278 e. The molecule has 0 radical (unpaired) electrons. The third-order valence-corrected chi connectivity index (χ3v) is 2.89. The van der Waals surface area contributed by atoms with Gasteiger partial charge < -0.3 is 4.74 Å². The number of carbonyl (C=O) groups excluding carboxylic acids is 1. The van der Waals surface area contributed by atoms with Gasteiger partial charge in [0.05, 0.1) is 12.7 Å². The summed E-state index contributed by atoms with van der Waals surface area (Å²) in [6.45, 7) is 0.356. The zero-order valence-electron chi connectivity index (χ0n) is 10.9. The predicted molar refractivity (Wildman–Crippen MR) is 76.7 cm³/mol. The van der Waals surface area contributed by atoms with Crippen LogP contribution in [0.25, 0.3) is 0 Å². The molecule has 0 unspecified atom stereocenters. The lowest BCUT2D eigenvalue weighted by Gasteiger charge is -2.11. The average molecular weight is 292 g/mol. The molecule has 1 amide bonds. The van der Waals surface area contributed by atoms with Crippen molar-refractivity contribution < 1.29 is 14.4 Å². The Morgan fingerprint density at radius 2 is 1.85 bits per heavy atom. The summed E-state index contributed by atoms with van der Waals surface area (Å²) in [6.07, 6.45) is 0. The van der Waals surface area contributed by atoms with Crippen LogP contribution in [0.2, 0.25) is 5.02 Å². The van der Waals surface area contributed by atoms with E-state index in [2.05, 4.69) is 10.3 Å². The quantitative estimate of drug-likeness (QED) is 0.861. The lowest BCUT2D eigenvalue weighted by molar-refractivity contribution is 0.0533. The van der Waals surface area contributed by atoms with Gasteiger partial charge in [0.25, 0.3) is 5.91 Å². The molecule has 0 saturated carbocycles. The molecule has 4 nitrogen and oxygen atoms in total. The first kappa shape index (κ1) is 14.4. The number of rotatable bonds is 5. The van der Waals surface area contributed by atoms with Gasteiger partial charge in [-0.1, -0.05) is 35.9 Å². The second kappa shape index (κ2) is 6.93. The Labute approximate surface area is 122 Å². The zero-order chi connectivity index (χ0) is 14.4. The number of ether oxygens (including phenoxy) is 1. The summed E-state index contributed by atoms with van der Waals surface area (Å²) in [7, 11) is 1.38. The fraction of sp³-hybridized carbons (Fsp3) is 0.133. The highest BCUT2D eigenvalue weighted by Gasteiger charge is 2.11. The molecule has 0 aromatic heterocycles. The van der Waals surface area contributed by atoms with Gasteiger partial charge in [-0.05, 0) is 29.8 Å². The number of hydrogen-bond donors (Lipinski definition) is 1. The molecule has 0 heterocycles. The van der Waals surface area contributed by atoms with Crippen molar-refractivity contribution in [1.29, 1.82) is 0 Å². The molecule has 0 atom stereocenters. The maximum atomic E-state index is 11.8. The van der Waals surface area contributed by atoms with Crippen molar-refractivity contribution >= 4 is 17.5 Å². The van der Waals surface area contributed by atoms with Crippen molar-refractivity contribution in [2.45, 2.75) is 6.61 Å². The fourth-order valence-electron chi connectivity index (χ4n) is 1.67. The summed E-state index contributed by atoms with van der Waals surface area (Å²) in [4.78, 5) is 16.4. The van der Waals surface area contributed by atoms with Crippen LogP contribution in [0.1, 0.15) is 15.9 Å². The van der Waals surface area contributed by atoms with Crippen LogP contribution in [0.3, 0.4) is 0 Å². The van der Waals surface area contributed by atoms with Crippen LogP contribution >= 0.6 is 11.6 Å². The summed E-state index contributed by atoms with van der Waals surface area (Å²) in [5.41, 5.74) is 3.66. The zero-order valence-corrected chi connectivity index (χ0v) is 11.7. The van der Waals surface area contributed by atoms with Crippen LogP contribution in [0, 0.1) is 0 Å². The largest absolute Gasteiger partial charge is 0.488 e. The number of hydrogen-bond acceptors (Lipinski definition) is 3. The predicted octanol–water partition coefficient (Wildman–Crippen LogP) is 3.21. The molecule has 5 heteroatoms. The van der Waals surface area contributed by atoms with Crippen molar-refractivity contribution in [3.63, 3.8) is 0 Å². The van der Waals surface area contributed by atoms with Crippen molar-refractivity contribution in [2.24, 2.45) is 0 Å². The van der Waals surface area contributed by atoms with Crippen LogP contribution in [-0.2, 0) is 11.4 Å². The molecule has 0 fully saturated rings. The first-order valence-corrected chi connectivity index (χ1v) is 6.38.